The van der Waals surface area contributed by atoms with Crippen LogP contribution < -0.4 is 11.1 Å². The molecule has 2 aromatic carbocycles. The summed E-state index contributed by atoms with van der Waals surface area (Å²) in [4.78, 5) is 12.1. The second-order valence-electron chi connectivity index (χ2n) is 4.54. The monoisotopic (exact) mass is 270 g/mol. The van der Waals surface area contributed by atoms with E-state index in [0.717, 1.165) is 11.1 Å². The standard InChI is InChI=1S/C16H18N2O2/c17-15(13-9-5-2-6-10-13)16(20)18-14(11-19)12-7-3-1-4-8-12/h1-10,14-15,19H,11,17H2,(H,18,20)/t14?,15-/m0/s1. The van der Waals surface area contributed by atoms with Gasteiger partial charge in [0.05, 0.1) is 12.6 Å². The Balaban J connectivity index is 2.06. The normalized spacial score (nSPS) is 13.5. The molecule has 4 nitrogen and oxygen atoms in total. The maximum absolute atomic E-state index is 12.1. The molecule has 2 rings (SSSR count). The third-order valence-electron chi connectivity index (χ3n) is 3.14. The van der Waals surface area contributed by atoms with Crippen molar-refractivity contribution in [1.82, 2.24) is 5.32 Å². The Morgan fingerprint density at radius 1 is 1.00 bits per heavy atom. The van der Waals surface area contributed by atoms with Crippen molar-refractivity contribution in [2.75, 3.05) is 6.61 Å². The van der Waals surface area contributed by atoms with E-state index in [1.807, 2.05) is 48.5 Å². The first-order valence-corrected chi connectivity index (χ1v) is 6.49. The SMILES string of the molecule is N[C@H](C(=O)NC(CO)c1ccccc1)c1ccccc1. The lowest BCUT2D eigenvalue weighted by atomic mass is 10.0. The van der Waals surface area contributed by atoms with E-state index >= 15 is 0 Å². The van der Waals surface area contributed by atoms with Gasteiger partial charge in [0, 0.05) is 0 Å². The van der Waals surface area contributed by atoms with Crippen molar-refractivity contribution in [1.29, 1.82) is 0 Å². The number of aliphatic hydroxyl groups excluding tert-OH is 1. The van der Waals surface area contributed by atoms with Gasteiger partial charge in [0.25, 0.3) is 0 Å². The minimum atomic E-state index is -0.742. The van der Waals surface area contributed by atoms with Crippen LogP contribution in [0.2, 0.25) is 0 Å². The lowest BCUT2D eigenvalue weighted by molar-refractivity contribution is -0.123. The number of amides is 1. The molecule has 0 fully saturated rings. The molecule has 0 radical (unpaired) electrons. The van der Waals surface area contributed by atoms with Gasteiger partial charge in [0.15, 0.2) is 0 Å². The van der Waals surface area contributed by atoms with Gasteiger partial charge in [-0.2, -0.15) is 0 Å². The quantitative estimate of drug-likeness (QED) is 0.771. The summed E-state index contributed by atoms with van der Waals surface area (Å²) in [5, 5.41) is 12.2. The van der Waals surface area contributed by atoms with Gasteiger partial charge < -0.3 is 16.2 Å². The van der Waals surface area contributed by atoms with Crippen LogP contribution in [0.5, 0.6) is 0 Å². The number of aliphatic hydroxyl groups is 1. The van der Waals surface area contributed by atoms with Gasteiger partial charge in [-0.1, -0.05) is 60.7 Å². The molecule has 0 bridgehead atoms. The van der Waals surface area contributed by atoms with Gasteiger partial charge in [-0.05, 0) is 11.1 Å². The predicted octanol–water partition coefficient (Wildman–Crippen LogP) is 1.54. The molecule has 0 saturated carbocycles. The molecular formula is C16H18N2O2. The summed E-state index contributed by atoms with van der Waals surface area (Å²) in [5.41, 5.74) is 7.52. The Morgan fingerprint density at radius 3 is 2.00 bits per heavy atom. The minimum Gasteiger partial charge on any atom is -0.394 e. The Bertz CT molecular complexity index is 543. The average molecular weight is 270 g/mol. The largest absolute Gasteiger partial charge is 0.394 e. The lowest BCUT2D eigenvalue weighted by Crippen LogP contribution is -2.37. The van der Waals surface area contributed by atoms with E-state index in [1.165, 1.54) is 0 Å². The molecule has 0 aliphatic carbocycles. The molecule has 1 amide bonds. The first-order valence-electron chi connectivity index (χ1n) is 6.49. The smallest absolute Gasteiger partial charge is 0.242 e. The van der Waals surface area contributed by atoms with Gasteiger partial charge in [0.2, 0.25) is 5.91 Å². The summed E-state index contributed by atoms with van der Waals surface area (Å²) >= 11 is 0. The van der Waals surface area contributed by atoms with Gasteiger partial charge in [-0.15, -0.1) is 0 Å². The summed E-state index contributed by atoms with van der Waals surface area (Å²) in [6.07, 6.45) is 0. The van der Waals surface area contributed by atoms with Gasteiger partial charge in [0.1, 0.15) is 6.04 Å². The molecule has 4 heteroatoms. The number of rotatable bonds is 5. The highest BCUT2D eigenvalue weighted by molar-refractivity contribution is 5.83. The van der Waals surface area contributed by atoms with Crippen LogP contribution in [-0.2, 0) is 4.79 Å². The Labute approximate surface area is 118 Å². The molecule has 2 atom stereocenters. The van der Waals surface area contributed by atoms with Crippen molar-refractivity contribution in [3.8, 4) is 0 Å². The number of hydrogen-bond acceptors (Lipinski definition) is 3. The first kappa shape index (κ1) is 14.2. The third kappa shape index (κ3) is 3.44. The minimum absolute atomic E-state index is 0.169. The predicted molar refractivity (Wildman–Crippen MR) is 77.8 cm³/mol. The topological polar surface area (TPSA) is 75.4 Å². The van der Waals surface area contributed by atoms with E-state index < -0.39 is 12.1 Å². The van der Waals surface area contributed by atoms with Crippen molar-refractivity contribution < 1.29 is 9.90 Å². The first-order chi connectivity index (χ1) is 9.72. The summed E-state index contributed by atoms with van der Waals surface area (Å²) < 4.78 is 0. The summed E-state index contributed by atoms with van der Waals surface area (Å²) in [6, 6.07) is 17.3. The van der Waals surface area contributed by atoms with Crippen LogP contribution in [0, 0.1) is 0 Å². The van der Waals surface area contributed by atoms with E-state index in [-0.39, 0.29) is 12.5 Å². The number of benzene rings is 2. The number of hydrogen-bond donors (Lipinski definition) is 3. The fourth-order valence-electron chi connectivity index (χ4n) is 1.99. The Hall–Kier alpha value is -2.17. The zero-order valence-corrected chi connectivity index (χ0v) is 11.1. The Morgan fingerprint density at radius 2 is 1.50 bits per heavy atom. The number of nitrogens with one attached hydrogen (secondary N) is 1. The lowest BCUT2D eigenvalue weighted by Gasteiger charge is -2.19. The molecule has 0 aromatic heterocycles. The molecule has 1 unspecified atom stereocenters. The zero-order valence-electron chi connectivity index (χ0n) is 11.1. The maximum atomic E-state index is 12.1. The molecule has 0 aliphatic heterocycles. The van der Waals surface area contributed by atoms with E-state index in [1.54, 1.807) is 12.1 Å². The molecule has 0 heterocycles. The van der Waals surface area contributed by atoms with E-state index in [4.69, 9.17) is 5.73 Å². The zero-order chi connectivity index (χ0) is 14.4. The van der Waals surface area contributed by atoms with Gasteiger partial charge in [-0.25, -0.2) is 0 Å². The molecule has 4 N–H and O–H groups in total. The van der Waals surface area contributed by atoms with Crippen LogP contribution >= 0.6 is 0 Å². The van der Waals surface area contributed by atoms with Crippen LogP contribution in [0.25, 0.3) is 0 Å². The molecular weight excluding hydrogens is 252 g/mol. The van der Waals surface area contributed by atoms with Crippen molar-refractivity contribution in [2.45, 2.75) is 12.1 Å². The summed E-state index contributed by atoms with van der Waals surface area (Å²) in [6.45, 7) is -0.169. The Kier molecular flexibility index (Phi) is 4.87. The second-order valence-corrected chi connectivity index (χ2v) is 4.54. The summed E-state index contributed by atoms with van der Waals surface area (Å²) in [5.74, 6) is -0.306. The van der Waals surface area contributed by atoms with Crippen molar-refractivity contribution in [3.05, 3.63) is 71.8 Å². The molecule has 20 heavy (non-hydrogen) atoms. The molecule has 0 aliphatic rings. The van der Waals surface area contributed by atoms with Gasteiger partial charge in [-0.3, -0.25) is 4.79 Å². The number of nitrogens with two attached hydrogens (primary N) is 1. The number of carbonyl (C=O) groups is 1. The van der Waals surface area contributed by atoms with Crippen LogP contribution in [0.3, 0.4) is 0 Å². The van der Waals surface area contributed by atoms with Crippen LogP contribution in [-0.4, -0.2) is 17.6 Å². The highest BCUT2D eigenvalue weighted by Gasteiger charge is 2.19. The molecule has 2 aromatic rings. The van der Waals surface area contributed by atoms with Crippen molar-refractivity contribution in [3.63, 3.8) is 0 Å². The highest BCUT2D eigenvalue weighted by Crippen LogP contribution is 2.15. The molecule has 104 valence electrons. The van der Waals surface area contributed by atoms with Crippen LogP contribution in [0.4, 0.5) is 0 Å². The van der Waals surface area contributed by atoms with E-state index in [0.29, 0.717) is 0 Å². The van der Waals surface area contributed by atoms with Crippen molar-refractivity contribution in [2.24, 2.45) is 5.73 Å². The highest BCUT2D eigenvalue weighted by atomic mass is 16.3. The maximum Gasteiger partial charge on any atom is 0.242 e. The summed E-state index contributed by atoms with van der Waals surface area (Å²) in [7, 11) is 0. The van der Waals surface area contributed by atoms with E-state index in [2.05, 4.69) is 5.32 Å². The fourth-order valence-corrected chi connectivity index (χ4v) is 1.99. The second kappa shape index (κ2) is 6.84. The molecule has 0 saturated heterocycles. The van der Waals surface area contributed by atoms with E-state index in [9.17, 15) is 9.90 Å². The van der Waals surface area contributed by atoms with Crippen LogP contribution in [0.1, 0.15) is 23.2 Å². The van der Waals surface area contributed by atoms with Crippen LogP contribution in [0.15, 0.2) is 60.7 Å². The average Bonchev–Trinajstić information content (AvgIpc) is 2.53. The fraction of sp³-hybridized carbons (Fsp3) is 0.188. The number of carbonyl (C=O) groups excluding carboxylic acids is 1. The third-order valence-corrected chi connectivity index (χ3v) is 3.14. The molecule has 0 spiro atoms. The van der Waals surface area contributed by atoms with Gasteiger partial charge >= 0.3 is 0 Å². The van der Waals surface area contributed by atoms with Crippen molar-refractivity contribution >= 4 is 5.91 Å².